The first-order valence-corrected chi connectivity index (χ1v) is 8.67. The summed E-state index contributed by atoms with van der Waals surface area (Å²) in [6.07, 6.45) is 8.11. The van der Waals surface area contributed by atoms with E-state index >= 15 is 0 Å². The third-order valence-corrected chi connectivity index (χ3v) is 5.18. The van der Waals surface area contributed by atoms with Crippen molar-refractivity contribution in [3.8, 4) is 0 Å². The minimum Gasteiger partial charge on any atom is -0.330 e. The van der Waals surface area contributed by atoms with E-state index in [0.717, 1.165) is 12.5 Å². The van der Waals surface area contributed by atoms with Gasteiger partial charge in [0, 0.05) is 0 Å². The van der Waals surface area contributed by atoms with Crippen LogP contribution in [-0.4, -0.2) is 31.1 Å². The summed E-state index contributed by atoms with van der Waals surface area (Å²) in [5, 5.41) is 0. The van der Waals surface area contributed by atoms with Crippen LogP contribution in [0, 0.1) is 16.7 Å². The van der Waals surface area contributed by atoms with Crippen LogP contribution in [0.2, 0.25) is 0 Å². The monoisotopic (exact) mass is 282 g/mol. The number of hydrogen-bond donors (Lipinski definition) is 1. The maximum atomic E-state index is 5.80. The Kier molecular flexibility index (Phi) is 7.00. The molecule has 0 spiro atoms. The fourth-order valence-corrected chi connectivity index (χ4v) is 3.29. The first-order valence-electron chi connectivity index (χ1n) is 8.67. The van der Waals surface area contributed by atoms with Gasteiger partial charge in [-0.15, -0.1) is 0 Å². The van der Waals surface area contributed by atoms with Gasteiger partial charge in [-0.2, -0.15) is 0 Å². The number of nitrogens with two attached hydrogens (primary N) is 1. The molecule has 0 aromatic rings. The predicted octanol–water partition coefficient (Wildman–Crippen LogP) is 4.29. The van der Waals surface area contributed by atoms with Gasteiger partial charge in [-0.3, -0.25) is 0 Å². The number of likely N-dealkylation sites (tertiary alicyclic amines) is 1. The summed E-state index contributed by atoms with van der Waals surface area (Å²) in [4.78, 5) is 2.70. The zero-order valence-corrected chi connectivity index (χ0v) is 14.7. The Morgan fingerprint density at radius 3 is 2.30 bits per heavy atom. The van der Waals surface area contributed by atoms with E-state index in [2.05, 4.69) is 39.5 Å². The van der Waals surface area contributed by atoms with Gasteiger partial charge in [0.25, 0.3) is 0 Å². The highest BCUT2D eigenvalue weighted by molar-refractivity contribution is 4.79. The summed E-state index contributed by atoms with van der Waals surface area (Å²) >= 11 is 0. The molecule has 2 N–H and O–H groups in total. The lowest BCUT2D eigenvalue weighted by atomic mass is 9.77. The van der Waals surface area contributed by atoms with E-state index in [9.17, 15) is 0 Å². The molecule has 1 atom stereocenters. The molecule has 2 nitrogen and oxygen atoms in total. The molecule has 0 aromatic heterocycles. The molecule has 0 aromatic carbocycles. The minimum absolute atomic E-state index is 0.329. The number of rotatable bonds is 6. The van der Waals surface area contributed by atoms with Crippen LogP contribution in [0.4, 0.5) is 0 Å². The van der Waals surface area contributed by atoms with Gasteiger partial charge in [0.15, 0.2) is 0 Å². The molecular weight excluding hydrogens is 244 g/mol. The van der Waals surface area contributed by atoms with Gasteiger partial charge in [0.05, 0.1) is 0 Å². The lowest BCUT2D eigenvalue weighted by Crippen LogP contribution is -2.28. The summed E-state index contributed by atoms with van der Waals surface area (Å²) in [5.74, 6) is 0.906. The lowest BCUT2D eigenvalue weighted by molar-refractivity contribution is 0.206. The van der Waals surface area contributed by atoms with Crippen LogP contribution in [0.5, 0.6) is 0 Å². The summed E-state index contributed by atoms with van der Waals surface area (Å²) in [7, 11) is 0. The quantitative estimate of drug-likeness (QED) is 0.736. The highest BCUT2D eigenvalue weighted by Gasteiger charge is 2.26. The molecule has 2 heteroatoms. The number of hydrogen-bond acceptors (Lipinski definition) is 2. The Bertz CT molecular complexity index is 265. The van der Waals surface area contributed by atoms with Gasteiger partial charge in [-0.05, 0) is 75.0 Å². The van der Waals surface area contributed by atoms with E-state index in [4.69, 9.17) is 5.73 Å². The maximum absolute atomic E-state index is 5.80. The molecule has 0 radical (unpaired) electrons. The molecule has 1 aliphatic heterocycles. The van der Waals surface area contributed by atoms with Crippen LogP contribution in [0.1, 0.15) is 73.1 Å². The second-order valence-corrected chi connectivity index (χ2v) is 8.66. The zero-order valence-electron chi connectivity index (χ0n) is 14.7. The minimum atomic E-state index is 0.329. The third-order valence-electron chi connectivity index (χ3n) is 5.18. The molecule has 1 fully saturated rings. The molecule has 1 aliphatic rings. The Morgan fingerprint density at radius 1 is 1.00 bits per heavy atom. The van der Waals surface area contributed by atoms with Crippen molar-refractivity contribution in [3.05, 3.63) is 0 Å². The van der Waals surface area contributed by atoms with Crippen molar-refractivity contribution < 1.29 is 0 Å². The van der Waals surface area contributed by atoms with Gasteiger partial charge in [-0.25, -0.2) is 0 Å². The van der Waals surface area contributed by atoms with Crippen LogP contribution >= 0.6 is 0 Å². The van der Waals surface area contributed by atoms with Crippen molar-refractivity contribution >= 4 is 0 Å². The largest absolute Gasteiger partial charge is 0.330 e. The molecule has 1 unspecified atom stereocenters. The summed E-state index contributed by atoms with van der Waals surface area (Å²) in [6.45, 7) is 16.5. The summed E-state index contributed by atoms with van der Waals surface area (Å²) < 4.78 is 0. The van der Waals surface area contributed by atoms with Crippen LogP contribution in [0.15, 0.2) is 0 Å². The predicted molar refractivity (Wildman–Crippen MR) is 89.9 cm³/mol. The molecule has 120 valence electrons. The van der Waals surface area contributed by atoms with Crippen molar-refractivity contribution in [2.75, 3.05) is 26.2 Å². The first kappa shape index (κ1) is 18.0. The fourth-order valence-electron chi connectivity index (χ4n) is 3.29. The van der Waals surface area contributed by atoms with E-state index in [-0.39, 0.29) is 0 Å². The average molecular weight is 283 g/mol. The van der Waals surface area contributed by atoms with E-state index in [1.54, 1.807) is 0 Å². The van der Waals surface area contributed by atoms with E-state index in [0.29, 0.717) is 10.8 Å². The van der Waals surface area contributed by atoms with E-state index < -0.39 is 0 Å². The smallest absolute Gasteiger partial charge is 0.00159 e. The van der Waals surface area contributed by atoms with Crippen LogP contribution < -0.4 is 5.73 Å². The number of nitrogens with zero attached hydrogens (tertiary/aromatic N) is 1. The van der Waals surface area contributed by atoms with E-state index in [1.807, 2.05) is 0 Å². The van der Waals surface area contributed by atoms with Gasteiger partial charge in [0.1, 0.15) is 0 Å². The maximum Gasteiger partial charge on any atom is -0.00159 e. The molecular formula is C18H38N2. The molecule has 0 saturated carbocycles. The van der Waals surface area contributed by atoms with Crippen LogP contribution in [0.25, 0.3) is 0 Å². The molecule has 1 heterocycles. The highest BCUT2D eigenvalue weighted by atomic mass is 15.1. The molecule has 1 rings (SSSR count). The Balaban J connectivity index is 2.23. The number of unbranched alkanes of at least 4 members (excludes halogenated alkanes) is 1. The van der Waals surface area contributed by atoms with Crippen molar-refractivity contribution in [3.63, 3.8) is 0 Å². The average Bonchev–Trinajstić information content (AvgIpc) is 2.60. The second-order valence-electron chi connectivity index (χ2n) is 8.66. The van der Waals surface area contributed by atoms with Crippen molar-refractivity contribution in [2.45, 2.75) is 73.1 Å². The van der Waals surface area contributed by atoms with E-state index in [1.165, 1.54) is 58.2 Å². The molecule has 1 saturated heterocycles. The fraction of sp³-hybridized carbons (Fsp3) is 1.00. The van der Waals surface area contributed by atoms with Gasteiger partial charge < -0.3 is 10.6 Å². The third kappa shape index (κ3) is 6.58. The van der Waals surface area contributed by atoms with Crippen LogP contribution in [-0.2, 0) is 0 Å². The Morgan fingerprint density at radius 2 is 1.70 bits per heavy atom. The summed E-state index contributed by atoms with van der Waals surface area (Å²) in [6, 6.07) is 0. The SMILES string of the molecule is CC(C)(CN)CCCCN1CCCC(C(C)(C)C)CC1. The topological polar surface area (TPSA) is 29.3 Å². The summed E-state index contributed by atoms with van der Waals surface area (Å²) in [5.41, 5.74) is 6.61. The van der Waals surface area contributed by atoms with Crippen molar-refractivity contribution in [1.29, 1.82) is 0 Å². The first-order chi connectivity index (χ1) is 9.24. The van der Waals surface area contributed by atoms with Gasteiger partial charge >= 0.3 is 0 Å². The second kappa shape index (κ2) is 7.79. The molecule has 0 bridgehead atoms. The molecule has 0 amide bonds. The Labute approximate surface area is 127 Å². The van der Waals surface area contributed by atoms with Crippen molar-refractivity contribution in [2.24, 2.45) is 22.5 Å². The molecule has 0 aliphatic carbocycles. The zero-order chi connectivity index (χ0) is 15.2. The Hall–Kier alpha value is -0.0800. The molecule has 20 heavy (non-hydrogen) atoms. The van der Waals surface area contributed by atoms with Crippen LogP contribution in [0.3, 0.4) is 0 Å². The highest BCUT2D eigenvalue weighted by Crippen LogP contribution is 2.34. The van der Waals surface area contributed by atoms with Gasteiger partial charge in [-0.1, -0.05) is 41.0 Å². The van der Waals surface area contributed by atoms with Gasteiger partial charge in [0.2, 0.25) is 0 Å². The normalized spacial score (nSPS) is 22.8. The van der Waals surface area contributed by atoms with Crippen molar-refractivity contribution in [1.82, 2.24) is 4.90 Å². The lowest BCUT2D eigenvalue weighted by Gasteiger charge is -2.30. The standard InChI is InChI=1S/C18H38N2/c1-17(2,3)16-9-8-13-20(14-10-16)12-7-6-11-18(4,5)15-19/h16H,6-15,19H2,1-5H3.